The molecule has 4 atom stereocenters. The molecule has 2 saturated heterocycles. The summed E-state index contributed by atoms with van der Waals surface area (Å²) < 4.78 is 40.2. The van der Waals surface area contributed by atoms with Crippen molar-refractivity contribution in [1.82, 2.24) is 40.1 Å². The fraction of sp³-hybridized carbons (Fsp3) is 0.491. The summed E-state index contributed by atoms with van der Waals surface area (Å²) in [7, 11) is -3.71. The number of aliphatic hydroxyl groups is 1. The Morgan fingerprint density at radius 2 is 1.54 bits per heavy atom. The molecule has 4 unspecified atom stereocenters. The summed E-state index contributed by atoms with van der Waals surface area (Å²) in [6.45, 7) is 22.4. The number of amides is 3. The molecule has 19 nitrogen and oxygen atoms in total. The van der Waals surface area contributed by atoms with E-state index in [-0.39, 0.29) is 48.7 Å². The summed E-state index contributed by atoms with van der Waals surface area (Å²) in [4.78, 5) is 61.8. The highest BCUT2D eigenvalue weighted by Crippen LogP contribution is 2.31. The van der Waals surface area contributed by atoms with Gasteiger partial charge in [-0.25, -0.2) is 23.1 Å². The van der Waals surface area contributed by atoms with Crippen molar-refractivity contribution in [2.75, 3.05) is 81.2 Å². The van der Waals surface area contributed by atoms with E-state index >= 15 is 0 Å². The molecule has 3 aromatic carbocycles. The summed E-state index contributed by atoms with van der Waals surface area (Å²) in [6, 6.07) is 20.5. The van der Waals surface area contributed by atoms with Crippen LogP contribution in [0.3, 0.4) is 0 Å². The fourth-order valence-corrected chi connectivity index (χ4v) is 11.3. The van der Waals surface area contributed by atoms with Gasteiger partial charge in [0.25, 0.3) is 0 Å². The number of anilines is 5. The molecule has 21 heteroatoms. The van der Waals surface area contributed by atoms with E-state index in [1.165, 1.54) is 4.90 Å². The van der Waals surface area contributed by atoms with Gasteiger partial charge < -0.3 is 45.6 Å². The smallest absolute Gasteiger partial charge is 0.246 e. The number of nitrogens with zero attached hydrogens (tertiary/aromatic N) is 6. The molecule has 4 heterocycles. The number of β-amino-alcohol motifs (C(OH)–C–C–N with tert-alkyl or cyclic N) is 1. The summed E-state index contributed by atoms with van der Waals surface area (Å²) in [5.74, 6) is -0.174. The zero-order valence-electron chi connectivity index (χ0n) is 45.2. The molecule has 2 aromatic heterocycles. The molecule has 76 heavy (non-hydrogen) atoms. The van der Waals surface area contributed by atoms with Gasteiger partial charge in [-0.05, 0) is 101 Å². The van der Waals surface area contributed by atoms with E-state index < -0.39 is 45.1 Å². The molecule has 7 rings (SSSR count). The Morgan fingerprint density at radius 3 is 2.20 bits per heavy atom. The first-order valence-electron chi connectivity index (χ1n) is 25.9. The second-order valence-electron chi connectivity index (χ2n) is 21.6. The first-order chi connectivity index (χ1) is 36.0. The van der Waals surface area contributed by atoms with Gasteiger partial charge in [-0.3, -0.25) is 19.3 Å². The molecule has 0 bridgehead atoms. The maximum Gasteiger partial charge on any atom is 0.246 e. The second-order valence-corrected chi connectivity index (χ2v) is 24.1. The summed E-state index contributed by atoms with van der Waals surface area (Å²) in [5, 5.41) is 23.1. The monoisotopic (exact) mass is 1080 g/mol. The normalized spacial score (nSPS) is 17.3. The number of rotatable bonds is 22. The van der Waals surface area contributed by atoms with E-state index in [1.54, 1.807) is 62.6 Å². The van der Waals surface area contributed by atoms with E-state index in [0.717, 1.165) is 71.4 Å². The number of nitrogens with one attached hydrogen (secondary N) is 5. The minimum atomic E-state index is -3.71. The molecule has 0 saturated carbocycles. The number of benzene rings is 3. The first kappa shape index (κ1) is 57.6. The van der Waals surface area contributed by atoms with Crippen molar-refractivity contribution in [3.05, 3.63) is 101 Å². The Labute approximate surface area is 451 Å². The van der Waals surface area contributed by atoms with Crippen LogP contribution in [0.25, 0.3) is 10.4 Å². The number of sulfonamides is 1. The van der Waals surface area contributed by atoms with Crippen LogP contribution in [0.4, 0.5) is 28.8 Å². The van der Waals surface area contributed by atoms with Gasteiger partial charge in [-0.1, -0.05) is 51.1 Å². The Bertz CT molecular complexity index is 2860. The zero-order chi connectivity index (χ0) is 54.8. The average Bonchev–Trinajstić information content (AvgIpc) is 4.00. The number of aryl methyl sites for hydroxylation is 2. The molecular weight excluding hydrogens is 1010 g/mol. The predicted molar refractivity (Wildman–Crippen MR) is 298 cm³/mol. The van der Waals surface area contributed by atoms with Crippen molar-refractivity contribution in [2.45, 2.75) is 110 Å². The van der Waals surface area contributed by atoms with E-state index in [9.17, 15) is 27.9 Å². The first-order valence-corrected chi connectivity index (χ1v) is 28.2. The molecule has 6 N–H and O–H groups in total. The number of hydrogen-bond donors (Lipinski definition) is 6. The zero-order valence-corrected chi connectivity index (χ0v) is 46.8. The van der Waals surface area contributed by atoms with Crippen LogP contribution in [0.2, 0.25) is 0 Å². The molecule has 0 radical (unpaired) electrons. The van der Waals surface area contributed by atoms with Gasteiger partial charge in [0.15, 0.2) is 0 Å². The lowest BCUT2D eigenvalue weighted by Gasteiger charge is -2.36. The predicted octanol–water partition coefficient (Wildman–Crippen LogP) is 6.70. The van der Waals surface area contributed by atoms with Crippen molar-refractivity contribution in [3.63, 3.8) is 0 Å². The highest BCUT2D eigenvalue weighted by Gasteiger charge is 2.44. The van der Waals surface area contributed by atoms with E-state index in [0.29, 0.717) is 37.3 Å². The molecule has 0 spiro atoms. The molecule has 0 aliphatic carbocycles. The van der Waals surface area contributed by atoms with Crippen LogP contribution in [-0.2, 0) is 33.9 Å². The lowest BCUT2D eigenvalue weighted by Crippen LogP contribution is -2.58. The second kappa shape index (κ2) is 25.4. The minimum absolute atomic E-state index is 0.00685. The largest absolute Gasteiger partial charge is 0.391 e. The molecule has 2 fully saturated rings. The van der Waals surface area contributed by atoms with Crippen LogP contribution in [0.15, 0.2) is 89.4 Å². The summed E-state index contributed by atoms with van der Waals surface area (Å²) in [6.07, 6.45) is 0.985. The quantitative estimate of drug-likeness (QED) is 0.0396. The highest BCUT2D eigenvalue weighted by molar-refractivity contribution is 7.89. The van der Waals surface area contributed by atoms with Crippen molar-refractivity contribution < 1.29 is 37.4 Å². The number of hydrogen-bond acceptors (Lipinski definition) is 16. The number of likely N-dealkylation sites (tertiary alicyclic amines) is 1. The lowest BCUT2D eigenvalue weighted by molar-refractivity contribution is -0.144. The van der Waals surface area contributed by atoms with Crippen molar-refractivity contribution in [2.24, 2.45) is 5.41 Å². The molecule has 5 aromatic rings. The molecule has 2 aliphatic heterocycles. The van der Waals surface area contributed by atoms with Crippen LogP contribution in [-0.4, -0.2) is 145 Å². The fourth-order valence-electron chi connectivity index (χ4n) is 9.01. The van der Waals surface area contributed by atoms with Gasteiger partial charge >= 0.3 is 0 Å². The number of carbonyl (C=O) groups is 3. The number of ether oxygens (including phenoxy) is 2. The third-order valence-electron chi connectivity index (χ3n) is 13.1. The van der Waals surface area contributed by atoms with Crippen molar-refractivity contribution in [1.29, 1.82) is 0 Å². The highest BCUT2D eigenvalue weighted by atomic mass is 32.2. The SMILES string of the molecule is Cc1cnc(Nc2ccc(N3CCN(CCOCCOCCC(=O)NC(C(=O)N4CC(O)CC4C(=O)NC(C)c4ccc(-c5scnc5C)cc4)C(C)(C)C)CC3)cc2)nc1Nc1cccc(S(=O)(=O)NC(C)(C)C)c1. The third kappa shape index (κ3) is 16.0. The van der Waals surface area contributed by atoms with Crippen LogP contribution in [0, 0.1) is 19.3 Å². The summed E-state index contributed by atoms with van der Waals surface area (Å²) >= 11 is 1.58. The van der Waals surface area contributed by atoms with Crippen molar-refractivity contribution in [3.8, 4) is 10.4 Å². The van der Waals surface area contributed by atoms with Gasteiger partial charge in [0.05, 0.1) is 59.6 Å². The Hall–Kier alpha value is -6.07. The van der Waals surface area contributed by atoms with Crippen LogP contribution in [0.1, 0.15) is 84.2 Å². The number of piperazine rings is 1. The number of aliphatic hydroxyl groups excluding tert-OH is 1. The van der Waals surface area contributed by atoms with Gasteiger partial charge in [0.1, 0.15) is 17.9 Å². The standard InChI is InChI=1S/C55H75N11O8S2/c1-36-33-56-53(62-50(36)59-42-11-10-12-45(31-42)76(71,72)63-55(7,8)9)60-41-17-19-43(20-18-41)65-24-22-64(23-25-65)26-28-74-30-29-73-27-21-47(68)61-49(54(4,5)6)52(70)66-34-44(67)32-46(66)51(69)58-37(2)39-13-15-40(16-14-39)48-38(3)57-35-75-48/h10-20,31,33,35,37,44,46,49,63,67H,21-30,32,34H2,1-9H3,(H,58,69)(H,61,68)(H2,56,59,60,62). The third-order valence-corrected chi connectivity index (χ3v) is 15.9. The Kier molecular flexibility index (Phi) is 19.3. The number of thiazole rings is 1. The van der Waals surface area contributed by atoms with Crippen LogP contribution < -0.4 is 30.9 Å². The van der Waals surface area contributed by atoms with Crippen LogP contribution in [0.5, 0.6) is 0 Å². The summed E-state index contributed by atoms with van der Waals surface area (Å²) in [5.41, 5.74) is 6.76. The number of aromatic nitrogens is 3. The molecular formula is C55H75N11O8S2. The van der Waals surface area contributed by atoms with E-state index in [2.05, 4.69) is 62.9 Å². The van der Waals surface area contributed by atoms with E-state index in [4.69, 9.17) is 9.47 Å². The van der Waals surface area contributed by atoms with Gasteiger partial charge in [0, 0.05) is 86.5 Å². The maximum absolute atomic E-state index is 14.1. The van der Waals surface area contributed by atoms with E-state index in [1.807, 2.05) is 83.5 Å². The lowest BCUT2D eigenvalue weighted by atomic mass is 9.85. The molecule has 2 aliphatic rings. The molecule has 3 amide bonds. The average molecular weight is 1080 g/mol. The minimum Gasteiger partial charge on any atom is -0.391 e. The maximum atomic E-state index is 14.1. The van der Waals surface area contributed by atoms with Gasteiger partial charge in [-0.15, -0.1) is 11.3 Å². The van der Waals surface area contributed by atoms with Gasteiger partial charge in [0.2, 0.25) is 33.7 Å². The van der Waals surface area contributed by atoms with Crippen LogP contribution >= 0.6 is 11.3 Å². The molecule has 410 valence electrons. The number of carbonyl (C=O) groups excluding carboxylic acids is 3. The van der Waals surface area contributed by atoms with Gasteiger partial charge in [-0.2, -0.15) is 4.98 Å². The topological polar surface area (TPSA) is 233 Å². The van der Waals surface area contributed by atoms with Crippen molar-refractivity contribution >= 4 is 67.9 Å². The Balaban J connectivity index is 0.776. The Morgan fingerprint density at radius 1 is 0.842 bits per heavy atom.